The Hall–Kier alpha value is -1.13. The highest BCUT2D eigenvalue weighted by Crippen LogP contribution is 2.23. The van der Waals surface area contributed by atoms with Gasteiger partial charge in [-0.25, -0.2) is 0 Å². The van der Waals surface area contributed by atoms with Crippen LogP contribution in [-0.2, 0) is 13.5 Å². The number of tetrazole rings is 1. The maximum Gasteiger partial charge on any atom is 0.175 e. The Bertz CT molecular complexity index is 498. The van der Waals surface area contributed by atoms with Crippen molar-refractivity contribution in [2.45, 2.75) is 12.3 Å². The predicted molar refractivity (Wildman–Crippen MR) is 67.4 cm³/mol. The van der Waals surface area contributed by atoms with Crippen molar-refractivity contribution >= 4 is 23.2 Å². The van der Waals surface area contributed by atoms with Crippen LogP contribution in [0.1, 0.15) is 17.3 Å². The van der Waals surface area contributed by atoms with Crippen molar-refractivity contribution in [3.8, 4) is 0 Å². The van der Waals surface area contributed by atoms with Gasteiger partial charge in [0.1, 0.15) is 0 Å². The fraction of sp³-hybridized carbons (Fsp3) is 0.364. The second-order valence-electron chi connectivity index (χ2n) is 3.81. The molecule has 90 valence electrons. The van der Waals surface area contributed by atoms with Gasteiger partial charge < -0.3 is 0 Å². The standard InChI is InChI=1S/C11H12Cl2N4/c1-17-15-11(14-16-17)6-9(7-12)8-3-2-4-10(13)5-8/h2-5,9H,6-7H2,1H3. The summed E-state index contributed by atoms with van der Waals surface area (Å²) in [6, 6.07) is 7.69. The molecule has 0 aliphatic carbocycles. The van der Waals surface area contributed by atoms with Gasteiger partial charge in [-0.15, -0.1) is 21.8 Å². The second kappa shape index (κ2) is 5.47. The van der Waals surface area contributed by atoms with Gasteiger partial charge in [0.2, 0.25) is 0 Å². The molecule has 0 fully saturated rings. The number of alkyl halides is 1. The van der Waals surface area contributed by atoms with Crippen LogP contribution >= 0.6 is 23.2 Å². The molecule has 0 radical (unpaired) electrons. The Morgan fingerprint density at radius 2 is 2.24 bits per heavy atom. The lowest BCUT2D eigenvalue weighted by molar-refractivity contribution is 0.624. The molecule has 0 spiro atoms. The van der Waals surface area contributed by atoms with E-state index in [0.717, 1.165) is 5.56 Å². The summed E-state index contributed by atoms with van der Waals surface area (Å²) in [5.74, 6) is 1.34. The van der Waals surface area contributed by atoms with Crippen LogP contribution in [0.25, 0.3) is 0 Å². The summed E-state index contributed by atoms with van der Waals surface area (Å²) in [6.07, 6.45) is 0.664. The zero-order valence-electron chi connectivity index (χ0n) is 9.35. The first-order valence-corrected chi connectivity index (χ1v) is 6.14. The van der Waals surface area contributed by atoms with E-state index < -0.39 is 0 Å². The summed E-state index contributed by atoms with van der Waals surface area (Å²) in [4.78, 5) is 1.44. The Kier molecular flexibility index (Phi) is 3.97. The van der Waals surface area contributed by atoms with E-state index in [1.54, 1.807) is 7.05 Å². The molecule has 1 unspecified atom stereocenters. The Morgan fingerprint density at radius 3 is 2.82 bits per heavy atom. The van der Waals surface area contributed by atoms with Crippen molar-refractivity contribution in [3.63, 3.8) is 0 Å². The van der Waals surface area contributed by atoms with E-state index in [-0.39, 0.29) is 5.92 Å². The molecule has 1 heterocycles. The molecule has 17 heavy (non-hydrogen) atoms. The third kappa shape index (κ3) is 3.17. The van der Waals surface area contributed by atoms with Gasteiger partial charge in [0.15, 0.2) is 5.82 Å². The first-order valence-electron chi connectivity index (χ1n) is 5.23. The molecule has 2 aromatic rings. The van der Waals surface area contributed by atoms with E-state index in [2.05, 4.69) is 15.4 Å². The summed E-state index contributed by atoms with van der Waals surface area (Å²) in [7, 11) is 1.74. The molecular weight excluding hydrogens is 259 g/mol. The van der Waals surface area contributed by atoms with Crippen molar-refractivity contribution < 1.29 is 0 Å². The van der Waals surface area contributed by atoms with Crippen LogP contribution in [0, 0.1) is 0 Å². The van der Waals surface area contributed by atoms with Gasteiger partial charge in [0.05, 0.1) is 7.05 Å². The van der Waals surface area contributed by atoms with Gasteiger partial charge in [-0.1, -0.05) is 23.7 Å². The van der Waals surface area contributed by atoms with Crippen molar-refractivity contribution in [2.24, 2.45) is 7.05 Å². The zero-order valence-corrected chi connectivity index (χ0v) is 10.9. The number of rotatable bonds is 4. The number of hydrogen-bond donors (Lipinski definition) is 0. The lowest BCUT2D eigenvalue weighted by atomic mass is 9.97. The Balaban J connectivity index is 2.16. The molecule has 2 rings (SSSR count). The normalized spacial score (nSPS) is 12.6. The molecule has 0 saturated heterocycles. The van der Waals surface area contributed by atoms with Crippen molar-refractivity contribution in [3.05, 3.63) is 40.7 Å². The maximum absolute atomic E-state index is 5.99. The van der Waals surface area contributed by atoms with Crippen LogP contribution in [0.15, 0.2) is 24.3 Å². The predicted octanol–water partition coefficient (Wildman–Crippen LogP) is 2.43. The topological polar surface area (TPSA) is 43.6 Å². The summed E-state index contributed by atoms with van der Waals surface area (Å²) in [5, 5.41) is 12.6. The summed E-state index contributed by atoms with van der Waals surface area (Å²) in [5.41, 5.74) is 1.10. The van der Waals surface area contributed by atoms with E-state index >= 15 is 0 Å². The first kappa shape index (κ1) is 12.3. The van der Waals surface area contributed by atoms with E-state index in [0.29, 0.717) is 23.1 Å². The highest BCUT2D eigenvalue weighted by Gasteiger charge is 2.14. The van der Waals surface area contributed by atoms with E-state index in [1.807, 2.05) is 24.3 Å². The summed E-state index contributed by atoms with van der Waals surface area (Å²) in [6.45, 7) is 0. The number of halogens is 2. The van der Waals surface area contributed by atoms with Crippen LogP contribution in [-0.4, -0.2) is 26.1 Å². The number of aryl methyl sites for hydroxylation is 1. The minimum absolute atomic E-state index is 0.152. The molecule has 0 saturated carbocycles. The minimum atomic E-state index is 0.152. The molecular formula is C11H12Cl2N4. The van der Waals surface area contributed by atoms with Crippen molar-refractivity contribution in [2.75, 3.05) is 5.88 Å². The van der Waals surface area contributed by atoms with Gasteiger partial charge in [-0.05, 0) is 22.9 Å². The quantitative estimate of drug-likeness (QED) is 0.802. The monoisotopic (exact) mass is 270 g/mol. The summed E-state index contributed by atoms with van der Waals surface area (Å²) < 4.78 is 0. The number of benzene rings is 1. The fourth-order valence-electron chi connectivity index (χ4n) is 1.65. The molecule has 0 aliphatic heterocycles. The Labute approximate surface area is 110 Å². The molecule has 1 aromatic heterocycles. The number of aromatic nitrogens is 4. The zero-order chi connectivity index (χ0) is 12.3. The number of hydrogen-bond acceptors (Lipinski definition) is 3. The highest BCUT2D eigenvalue weighted by molar-refractivity contribution is 6.30. The van der Waals surface area contributed by atoms with Gasteiger partial charge in [0.25, 0.3) is 0 Å². The molecule has 0 aliphatic rings. The SMILES string of the molecule is Cn1nnc(CC(CCl)c2cccc(Cl)c2)n1. The van der Waals surface area contributed by atoms with Gasteiger partial charge in [-0.2, -0.15) is 4.80 Å². The van der Waals surface area contributed by atoms with Crippen LogP contribution in [0.5, 0.6) is 0 Å². The molecule has 1 aromatic carbocycles. The van der Waals surface area contributed by atoms with Crippen molar-refractivity contribution in [1.29, 1.82) is 0 Å². The van der Waals surface area contributed by atoms with E-state index in [4.69, 9.17) is 23.2 Å². The van der Waals surface area contributed by atoms with Crippen molar-refractivity contribution in [1.82, 2.24) is 20.2 Å². The smallest absolute Gasteiger partial charge is 0.167 e. The lowest BCUT2D eigenvalue weighted by Gasteiger charge is -2.12. The lowest BCUT2D eigenvalue weighted by Crippen LogP contribution is -2.06. The third-order valence-corrected chi connectivity index (χ3v) is 3.09. The fourth-order valence-corrected chi connectivity index (χ4v) is 2.13. The molecule has 0 bridgehead atoms. The average Bonchev–Trinajstić information content (AvgIpc) is 2.72. The van der Waals surface area contributed by atoms with Crippen LogP contribution < -0.4 is 0 Å². The number of nitrogens with zero attached hydrogens (tertiary/aromatic N) is 4. The minimum Gasteiger partial charge on any atom is -0.167 e. The first-order chi connectivity index (χ1) is 8.19. The molecule has 0 amide bonds. The van der Waals surface area contributed by atoms with Crippen LogP contribution in [0.2, 0.25) is 5.02 Å². The Morgan fingerprint density at radius 1 is 1.41 bits per heavy atom. The van der Waals surface area contributed by atoms with E-state index in [9.17, 15) is 0 Å². The van der Waals surface area contributed by atoms with Gasteiger partial charge in [-0.3, -0.25) is 0 Å². The van der Waals surface area contributed by atoms with Crippen LogP contribution in [0.3, 0.4) is 0 Å². The molecule has 4 nitrogen and oxygen atoms in total. The van der Waals surface area contributed by atoms with Gasteiger partial charge >= 0.3 is 0 Å². The van der Waals surface area contributed by atoms with E-state index in [1.165, 1.54) is 4.80 Å². The molecule has 1 atom stereocenters. The summed E-state index contributed by atoms with van der Waals surface area (Å²) >= 11 is 11.9. The molecule has 0 N–H and O–H groups in total. The molecule has 6 heteroatoms. The highest BCUT2D eigenvalue weighted by atomic mass is 35.5. The second-order valence-corrected chi connectivity index (χ2v) is 4.55. The maximum atomic E-state index is 5.99. The third-order valence-electron chi connectivity index (χ3n) is 2.49. The van der Waals surface area contributed by atoms with Crippen LogP contribution in [0.4, 0.5) is 0 Å². The van der Waals surface area contributed by atoms with Gasteiger partial charge in [0, 0.05) is 23.2 Å². The largest absolute Gasteiger partial charge is 0.175 e. The average molecular weight is 271 g/mol.